The van der Waals surface area contributed by atoms with Crippen LogP contribution in [-0.4, -0.2) is 91.4 Å². The van der Waals surface area contributed by atoms with Crippen molar-refractivity contribution in [1.29, 1.82) is 0 Å². The maximum atomic E-state index is 12.7. The fourth-order valence-electron chi connectivity index (χ4n) is 3.47. The van der Waals surface area contributed by atoms with Crippen LogP contribution in [0, 0.1) is 11.3 Å². The van der Waals surface area contributed by atoms with E-state index in [0.29, 0.717) is 26.3 Å². The SMILES string of the molecule is CN(C)C[C@]12COC[C@H]1CN(S(=O)(=O)c1cn(C)cn1)C2.O=C(O)C(F)(F)F. The number of carbonyl (C=O) groups is 1. The zero-order valence-corrected chi connectivity index (χ0v) is 16.5. The number of sulfonamides is 1. The first-order valence-corrected chi connectivity index (χ1v) is 9.73. The lowest BCUT2D eigenvalue weighted by atomic mass is 9.81. The Morgan fingerprint density at radius 1 is 1.46 bits per heavy atom. The molecule has 2 atom stereocenters. The topological polar surface area (TPSA) is 105 Å². The van der Waals surface area contributed by atoms with E-state index in [1.165, 1.54) is 6.33 Å². The van der Waals surface area contributed by atoms with Crippen LogP contribution in [0.1, 0.15) is 0 Å². The molecular weight excluding hydrogens is 405 g/mol. The standard InChI is InChI=1S/C13H22N4O3S.C2HF3O2/c1-15(2)7-13-8-17(4-11(13)6-20-9-13)21(18,19)12-5-16(3)10-14-12;3-2(4,5)1(6)7/h5,10-11H,4,6-9H2,1-3H3;(H,6,7)/t11-,13+;/m1./s1. The molecule has 1 aromatic heterocycles. The lowest BCUT2D eigenvalue weighted by molar-refractivity contribution is -0.192. The van der Waals surface area contributed by atoms with Gasteiger partial charge in [-0.25, -0.2) is 18.2 Å². The van der Waals surface area contributed by atoms with Crippen LogP contribution < -0.4 is 0 Å². The number of aliphatic carboxylic acids is 1. The summed E-state index contributed by atoms with van der Waals surface area (Å²) >= 11 is 0. The second-order valence-electron chi connectivity index (χ2n) is 7.29. The Balaban J connectivity index is 0.000000345. The Labute approximate surface area is 160 Å². The van der Waals surface area contributed by atoms with Gasteiger partial charge >= 0.3 is 12.1 Å². The van der Waals surface area contributed by atoms with Gasteiger partial charge in [0.15, 0.2) is 5.03 Å². The summed E-state index contributed by atoms with van der Waals surface area (Å²) in [5.74, 6) is -2.49. The third kappa shape index (κ3) is 4.82. The average molecular weight is 428 g/mol. The molecule has 0 aromatic carbocycles. The van der Waals surface area contributed by atoms with Gasteiger partial charge in [0.25, 0.3) is 10.0 Å². The summed E-state index contributed by atoms with van der Waals surface area (Å²) in [5.41, 5.74) is -0.0919. The minimum absolute atomic E-state index is 0.0919. The Kier molecular flexibility index (Phi) is 6.43. The number of nitrogens with zero attached hydrogens (tertiary/aromatic N) is 4. The fraction of sp³-hybridized carbons (Fsp3) is 0.733. The van der Waals surface area contributed by atoms with Crippen molar-refractivity contribution < 1.29 is 36.2 Å². The lowest BCUT2D eigenvalue weighted by Crippen LogP contribution is -2.41. The maximum Gasteiger partial charge on any atom is 0.490 e. The molecule has 1 aromatic rings. The molecule has 160 valence electrons. The predicted octanol–water partition coefficient (Wildman–Crippen LogP) is 0.252. The van der Waals surface area contributed by atoms with Gasteiger partial charge in [-0.15, -0.1) is 0 Å². The molecule has 0 spiro atoms. The van der Waals surface area contributed by atoms with Crippen molar-refractivity contribution >= 4 is 16.0 Å². The number of fused-ring (bicyclic) bond motifs is 1. The van der Waals surface area contributed by atoms with E-state index in [2.05, 4.69) is 9.88 Å². The van der Waals surface area contributed by atoms with Crippen molar-refractivity contribution in [3.63, 3.8) is 0 Å². The van der Waals surface area contributed by atoms with Gasteiger partial charge in [-0.2, -0.15) is 17.5 Å². The van der Waals surface area contributed by atoms with Crippen LogP contribution in [0.25, 0.3) is 0 Å². The zero-order valence-electron chi connectivity index (χ0n) is 15.7. The number of ether oxygens (including phenoxy) is 1. The van der Waals surface area contributed by atoms with Crippen molar-refractivity contribution in [3.8, 4) is 0 Å². The summed E-state index contributed by atoms with van der Waals surface area (Å²) in [6, 6.07) is 0. The van der Waals surface area contributed by atoms with E-state index < -0.39 is 22.2 Å². The monoisotopic (exact) mass is 428 g/mol. The van der Waals surface area contributed by atoms with E-state index in [4.69, 9.17) is 14.6 Å². The summed E-state index contributed by atoms with van der Waals surface area (Å²) in [6.45, 7) is 3.14. The normalized spacial score (nSPS) is 25.5. The molecule has 0 saturated carbocycles. The largest absolute Gasteiger partial charge is 0.490 e. The quantitative estimate of drug-likeness (QED) is 0.733. The number of hydrogen-bond acceptors (Lipinski definition) is 6. The van der Waals surface area contributed by atoms with Gasteiger partial charge in [-0.1, -0.05) is 0 Å². The lowest BCUT2D eigenvalue weighted by Gasteiger charge is -2.30. The van der Waals surface area contributed by atoms with Crippen molar-refractivity contribution in [2.75, 3.05) is 46.9 Å². The molecule has 28 heavy (non-hydrogen) atoms. The van der Waals surface area contributed by atoms with E-state index in [9.17, 15) is 21.6 Å². The second kappa shape index (κ2) is 7.97. The van der Waals surface area contributed by atoms with E-state index >= 15 is 0 Å². The number of rotatable bonds is 4. The van der Waals surface area contributed by atoms with Gasteiger partial charge in [0.05, 0.1) is 19.5 Å². The third-order valence-corrected chi connectivity index (χ3v) is 6.35. The Bertz CT molecular complexity index is 811. The highest BCUT2D eigenvalue weighted by molar-refractivity contribution is 7.89. The molecule has 1 N–H and O–H groups in total. The molecule has 0 radical (unpaired) electrons. The van der Waals surface area contributed by atoms with Gasteiger partial charge in [0.1, 0.15) is 0 Å². The molecule has 0 aliphatic carbocycles. The van der Waals surface area contributed by atoms with E-state index in [0.717, 1.165) is 6.54 Å². The Hall–Kier alpha value is -1.70. The first-order valence-electron chi connectivity index (χ1n) is 8.29. The van der Waals surface area contributed by atoms with Crippen molar-refractivity contribution in [2.45, 2.75) is 11.2 Å². The molecule has 2 aliphatic rings. The van der Waals surface area contributed by atoms with Crippen LogP contribution in [-0.2, 0) is 26.6 Å². The molecule has 9 nitrogen and oxygen atoms in total. The fourth-order valence-corrected chi connectivity index (χ4v) is 5.02. The van der Waals surface area contributed by atoms with Crippen LogP contribution in [0.2, 0.25) is 0 Å². The first kappa shape index (κ1) is 22.6. The van der Waals surface area contributed by atoms with Crippen molar-refractivity contribution in [1.82, 2.24) is 18.8 Å². The molecule has 2 aliphatic heterocycles. The zero-order chi connectivity index (χ0) is 21.3. The molecule has 3 rings (SSSR count). The Morgan fingerprint density at radius 2 is 2.07 bits per heavy atom. The summed E-state index contributed by atoms with van der Waals surface area (Å²) in [5, 5.41) is 7.26. The highest BCUT2D eigenvalue weighted by Crippen LogP contribution is 2.43. The number of imidazole rings is 1. The number of carboxylic acids is 1. The van der Waals surface area contributed by atoms with Crippen molar-refractivity contribution in [3.05, 3.63) is 12.5 Å². The first-order chi connectivity index (χ1) is 12.8. The second-order valence-corrected chi connectivity index (χ2v) is 9.17. The summed E-state index contributed by atoms with van der Waals surface area (Å²) in [4.78, 5) is 15.0. The molecule has 0 unspecified atom stereocenters. The van der Waals surface area contributed by atoms with Crippen molar-refractivity contribution in [2.24, 2.45) is 18.4 Å². The van der Waals surface area contributed by atoms with Gasteiger partial charge in [-0.3, -0.25) is 0 Å². The minimum Gasteiger partial charge on any atom is -0.475 e. The summed E-state index contributed by atoms with van der Waals surface area (Å²) in [7, 11) is 2.29. The average Bonchev–Trinajstić information content (AvgIpc) is 3.20. The highest BCUT2D eigenvalue weighted by Gasteiger charge is 2.53. The number of alkyl halides is 3. The minimum atomic E-state index is -5.08. The van der Waals surface area contributed by atoms with Gasteiger partial charge in [0.2, 0.25) is 0 Å². The molecule has 2 fully saturated rings. The number of halogens is 3. The van der Waals surface area contributed by atoms with Gasteiger partial charge in [0, 0.05) is 44.2 Å². The maximum absolute atomic E-state index is 12.7. The predicted molar refractivity (Wildman–Crippen MR) is 91.0 cm³/mol. The number of hydrogen-bond donors (Lipinski definition) is 1. The van der Waals surface area contributed by atoms with Crippen LogP contribution in [0.5, 0.6) is 0 Å². The summed E-state index contributed by atoms with van der Waals surface area (Å²) < 4.78 is 66.0. The number of aryl methyl sites for hydroxylation is 1. The molecule has 2 saturated heterocycles. The molecule has 0 bridgehead atoms. The van der Waals surface area contributed by atoms with Crippen LogP contribution >= 0.6 is 0 Å². The molecule has 0 amide bonds. The van der Waals surface area contributed by atoms with E-state index in [1.54, 1.807) is 22.1 Å². The number of aromatic nitrogens is 2. The van der Waals surface area contributed by atoms with Crippen LogP contribution in [0.3, 0.4) is 0 Å². The summed E-state index contributed by atoms with van der Waals surface area (Å²) in [6.07, 6.45) is -2.01. The van der Waals surface area contributed by atoms with E-state index in [1.807, 2.05) is 14.1 Å². The van der Waals surface area contributed by atoms with Crippen LogP contribution in [0.4, 0.5) is 13.2 Å². The van der Waals surface area contributed by atoms with Gasteiger partial charge < -0.3 is 19.3 Å². The Morgan fingerprint density at radius 3 is 2.54 bits per heavy atom. The van der Waals surface area contributed by atoms with Crippen LogP contribution in [0.15, 0.2) is 17.6 Å². The highest BCUT2D eigenvalue weighted by atomic mass is 32.2. The van der Waals surface area contributed by atoms with E-state index in [-0.39, 0.29) is 16.4 Å². The smallest absolute Gasteiger partial charge is 0.475 e. The third-order valence-electron chi connectivity index (χ3n) is 4.65. The molecule has 3 heterocycles. The van der Waals surface area contributed by atoms with Gasteiger partial charge in [-0.05, 0) is 14.1 Å². The molecule has 13 heteroatoms. The molecular formula is C15H23F3N4O5S. The number of carboxylic acid groups (broad SMARTS) is 1.